The number of amides is 2. The average Bonchev–Trinajstić information content (AvgIpc) is 3.33. The van der Waals surface area contributed by atoms with Crippen LogP contribution >= 0.6 is 34.3 Å². The van der Waals surface area contributed by atoms with Crippen LogP contribution in [0.1, 0.15) is 35.6 Å². The molecule has 3 aromatic rings. The number of nitrogens with zero attached hydrogens (tertiary/aromatic N) is 3. The van der Waals surface area contributed by atoms with Crippen molar-refractivity contribution in [2.45, 2.75) is 19.5 Å². The van der Waals surface area contributed by atoms with Crippen LogP contribution in [0.2, 0.25) is 4.34 Å². The van der Waals surface area contributed by atoms with Gasteiger partial charge < -0.3 is 15.5 Å². The van der Waals surface area contributed by atoms with Crippen LogP contribution in [0.4, 0.5) is 5.69 Å². The van der Waals surface area contributed by atoms with Crippen molar-refractivity contribution in [2.75, 3.05) is 18.9 Å². The molecule has 3 aromatic heterocycles. The van der Waals surface area contributed by atoms with Gasteiger partial charge in [0.05, 0.1) is 26.8 Å². The van der Waals surface area contributed by atoms with E-state index in [1.807, 2.05) is 0 Å². The first kappa shape index (κ1) is 20.0. The standard InChI is InChI=1S/C19H18ClN5O2S2/c1-25-7-5-12-15(10-25)29-19(24-12)18(27)23-13-9-21-6-4-11(13)8-22-17(26)14-2-3-16(20)28-14/h2-4,6,9H,5,7-8,10H2,1H3,(H,22,26)(H,23,27). The molecule has 7 nitrogen and oxygen atoms in total. The van der Waals surface area contributed by atoms with Gasteiger partial charge in [0.1, 0.15) is 0 Å². The molecular weight excluding hydrogens is 430 g/mol. The second-order valence-electron chi connectivity index (χ2n) is 6.65. The van der Waals surface area contributed by atoms with E-state index in [0.29, 0.717) is 19.9 Å². The summed E-state index contributed by atoms with van der Waals surface area (Å²) in [5, 5.41) is 6.16. The quantitative estimate of drug-likeness (QED) is 0.625. The fraction of sp³-hybridized carbons (Fsp3) is 0.263. The molecule has 4 heterocycles. The van der Waals surface area contributed by atoms with Crippen molar-refractivity contribution in [1.82, 2.24) is 20.2 Å². The first-order valence-electron chi connectivity index (χ1n) is 8.94. The van der Waals surface area contributed by atoms with E-state index in [2.05, 4.69) is 32.5 Å². The first-order valence-corrected chi connectivity index (χ1v) is 11.0. The SMILES string of the molecule is CN1CCc2nc(C(=O)Nc3cnccc3CNC(=O)c3ccc(Cl)s3)sc2C1. The number of anilines is 1. The predicted octanol–water partition coefficient (Wildman–Crippen LogP) is 3.42. The van der Waals surface area contributed by atoms with Crippen molar-refractivity contribution >= 4 is 51.8 Å². The molecule has 1 aliphatic rings. The van der Waals surface area contributed by atoms with Gasteiger partial charge in [-0.05, 0) is 30.8 Å². The molecule has 0 aliphatic carbocycles. The van der Waals surface area contributed by atoms with Gasteiger partial charge in [-0.1, -0.05) is 11.6 Å². The minimum absolute atomic E-state index is 0.215. The van der Waals surface area contributed by atoms with Crippen molar-refractivity contribution < 1.29 is 9.59 Å². The van der Waals surface area contributed by atoms with E-state index in [1.54, 1.807) is 30.6 Å². The smallest absolute Gasteiger partial charge is 0.284 e. The number of thiazole rings is 1. The largest absolute Gasteiger partial charge is 0.347 e. The summed E-state index contributed by atoms with van der Waals surface area (Å²) in [5.41, 5.74) is 2.31. The summed E-state index contributed by atoms with van der Waals surface area (Å²) in [7, 11) is 2.06. The van der Waals surface area contributed by atoms with Crippen LogP contribution in [0.3, 0.4) is 0 Å². The van der Waals surface area contributed by atoms with Crippen LogP contribution in [-0.2, 0) is 19.5 Å². The van der Waals surface area contributed by atoms with Crippen molar-refractivity contribution in [3.05, 3.63) is 60.9 Å². The maximum absolute atomic E-state index is 12.7. The molecule has 2 amide bonds. The van der Waals surface area contributed by atoms with E-state index in [0.717, 1.165) is 35.6 Å². The van der Waals surface area contributed by atoms with E-state index < -0.39 is 0 Å². The number of carbonyl (C=O) groups is 2. The topological polar surface area (TPSA) is 87.2 Å². The number of carbonyl (C=O) groups excluding carboxylic acids is 2. The Kier molecular flexibility index (Phi) is 5.91. The van der Waals surface area contributed by atoms with Gasteiger partial charge in [0.15, 0.2) is 5.01 Å². The number of aromatic nitrogens is 2. The Hall–Kier alpha value is -2.33. The Morgan fingerprint density at radius 3 is 2.90 bits per heavy atom. The number of rotatable bonds is 5. The molecule has 0 bridgehead atoms. The molecule has 0 atom stereocenters. The van der Waals surface area contributed by atoms with Crippen LogP contribution in [0, 0.1) is 0 Å². The summed E-state index contributed by atoms with van der Waals surface area (Å²) in [4.78, 5) is 37.5. The molecule has 29 heavy (non-hydrogen) atoms. The molecule has 0 spiro atoms. The predicted molar refractivity (Wildman–Crippen MR) is 115 cm³/mol. The highest BCUT2D eigenvalue weighted by molar-refractivity contribution is 7.18. The summed E-state index contributed by atoms with van der Waals surface area (Å²) < 4.78 is 0.560. The number of thiophene rings is 1. The average molecular weight is 448 g/mol. The zero-order valence-corrected chi connectivity index (χ0v) is 18.0. The van der Waals surface area contributed by atoms with E-state index in [1.165, 1.54) is 22.7 Å². The van der Waals surface area contributed by atoms with Crippen molar-refractivity contribution in [3.63, 3.8) is 0 Å². The van der Waals surface area contributed by atoms with Crippen LogP contribution in [0.15, 0.2) is 30.6 Å². The minimum atomic E-state index is -0.266. The number of fused-ring (bicyclic) bond motifs is 1. The molecule has 10 heteroatoms. The van der Waals surface area contributed by atoms with Crippen LogP contribution in [-0.4, -0.2) is 40.3 Å². The second-order valence-corrected chi connectivity index (χ2v) is 9.45. The molecule has 0 aromatic carbocycles. The fourth-order valence-electron chi connectivity index (χ4n) is 2.98. The molecule has 0 saturated heterocycles. The molecular formula is C19H18ClN5O2S2. The highest BCUT2D eigenvalue weighted by Gasteiger charge is 2.22. The number of pyridine rings is 1. The summed E-state index contributed by atoms with van der Waals surface area (Å²) in [5.74, 6) is -0.481. The number of likely N-dealkylation sites (N-methyl/N-ethyl adjacent to an activating group) is 1. The minimum Gasteiger partial charge on any atom is -0.347 e. The lowest BCUT2D eigenvalue weighted by Gasteiger charge is -2.20. The summed E-state index contributed by atoms with van der Waals surface area (Å²) in [6.45, 7) is 2.02. The van der Waals surface area contributed by atoms with Gasteiger partial charge in [0.25, 0.3) is 11.8 Å². The lowest BCUT2D eigenvalue weighted by Crippen LogP contribution is -2.25. The molecule has 0 fully saturated rings. The molecule has 0 saturated carbocycles. The van der Waals surface area contributed by atoms with Gasteiger partial charge >= 0.3 is 0 Å². The fourth-order valence-corrected chi connectivity index (χ4v) is 5.03. The van der Waals surface area contributed by atoms with Crippen LogP contribution < -0.4 is 10.6 Å². The lowest BCUT2D eigenvalue weighted by molar-refractivity contribution is 0.0954. The third-order valence-corrected chi connectivity index (χ3v) is 6.82. The summed E-state index contributed by atoms with van der Waals surface area (Å²) in [6.07, 6.45) is 4.05. The van der Waals surface area contributed by atoms with Crippen LogP contribution in [0.5, 0.6) is 0 Å². The van der Waals surface area contributed by atoms with Gasteiger partial charge in [-0.25, -0.2) is 4.98 Å². The number of hydrogen-bond acceptors (Lipinski definition) is 7. The van der Waals surface area contributed by atoms with Gasteiger partial charge in [0.2, 0.25) is 0 Å². The zero-order valence-electron chi connectivity index (χ0n) is 15.6. The van der Waals surface area contributed by atoms with Crippen LogP contribution in [0.25, 0.3) is 0 Å². The number of halogens is 1. The van der Waals surface area contributed by atoms with Crippen molar-refractivity contribution in [2.24, 2.45) is 0 Å². The molecule has 4 rings (SSSR count). The summed E-state index contributed by atoms with van der Waals surface area (Å²) in [6, 6.07) is 5.13. The Balaban J connectivity index is 1.44. The normalized spacial score (nSPS) is 13.7. The first-order chi connectivity index (χ1) is 14.0. The number of nitrogens with one attached hydrogen (secondary N) is 2. The third-order valence-electron chi connectivity index (χ3n) is 4.51. The second kappa shape index (κ2) is 8.58. The zero-order chi connectivity index (χ0) is 20.4. The van der Waals surface area contributed by atoms with E-state index in [9.17, 15) is 9.59 Å². The molecule has 0 unspecified atom stereocenters. The maximum Gasteiger partial charge on any atom is 0.284 e. The van der Waals surface area contributed by atoms with Gasteiger partial charge in [-0.2, -0.15) is 0 Å². The summed E-state index contributed by atoms with van der Waals surface area (Å²) >= 11 is 8.52. The van der Waals surface area contributed by atoms with Gasteiger partial charge in [-0.3, -0.25) is 14.6 Å². The Morgan fingerprint density at radius 2 is 2.10 bits per heavy atom. The monoisotopic (exact) mass is 447 g/mol. The highest BCUT2D eigenvalue weighted by Crippen LogP contribution is 2.26. The van der Waals surface area contributed by atoms with Gasteiger partial charge in [-0.15, -0.1) is 22.7 Å². The lowest BCUT2D eigenvalue weighted by atomic mass is 10.2. The number of hydrogen-bond donors (Lipinski definition) is 2. The molecule has 2 N–H and O–H groups in total. The Bertz CT molecular complexity index is 1060. The molecule has 150 valence electrons. The van der Waals surface area contributed by atoms with E-state index >= 15 is 0 Å². The van der Waals surface area contributed by atoms with Crippen molar-refractivity contribution in [1.29, 1.82) is 0 Å². The Labute approximate surface area is 180 Å². The third kappa shape index (κ3) is 4.64. The van der Waals surface area contributed by atoms with Crippen molar-refractivity contribution in [3.8, 4) is 0 Å². The van der Waals surface area contributed by atoms with E-state index in [-0.39, 0.29) is 18.4 Å². The molecule has 0 radical (unpaired) electrons. The highest BCUT2D eigenvalue weighted by atomic mass is 35.5. The van der Waals surface area contributed by atoms with E-state index in [4.69, 9.17) is 11.6 Å². The van der Waals surface area contributed by atoms with Gasteiger partial charge in [0, 0.05) is 37.1 Å². The molecule has 1 aliphatic heterocycles. The Morgan fingerprint density at radius 1 is 1.24 bits per heavy atom. The maximum atomic E-state index is 12.7.